The summed E-state index contributed by atoms with van der Waals surface area (Å²) in [7, 11) is 0. The molecule has 0 aliphatic carbocycles. The van der Waals surface area contributed by atoms with Crippen molar-refractivity contribution in [1.29, 1.82) is 5.26 Å². The molecular formula is C15H18FN2. The lowest BCUT2D eigenvalue weighted by Crippen LogP contribution is -2.40. The van der Waals surface area contributed by atoms with Crippen LogP contribution in [0.3, 0.4) is 0 Å². The maximum Gasteiger partial charge on any atom is 0.123 e. The Balaban J connectivity index is 1.87. The van der Waals surface area contributed by atoms with Gasteiger partial charge < -0.3 is 0 Å². The second-order valence-corrected chi connectivity index (χ2v) is 4.77. The number of piperidine rings is 1. The summed E-state index contributed by atoms with van der Waals surface area (Å²) in [5.74, 6) is -0.188. The van der Waals surface area contributed by atoms with Crippen LogP contribution in [-0.2, 0) is 6.42 Å². The molecule has 2 rings (SSSR count). The number of rotatable bonds is 4. The second-order valence-electron chi connectivity index (χ2n) is 4.77. The largest absolute Gasteiger partial charge is 0.299 e. The van der Waals surface area contributed by atoms with Crippen LogP contribution in [0.1, 0.15) is 24.8 Å². The van der Waals surface area contributed by atoms with E-state index in [9.17, 15) is 4.39 Å². The second kappa shape index (κ2) is 6.51. The lowest BCUT2D eigenvalue weighted by Gasteiger charge is -2.34. The highest BCUT2D eigenvalue weighted by Gasteiger charge is 2.21. The summed E-state index contributed by atoms with van der Waals surface area (Å²) in [5, 5.41) is 8.78. The highest BCUT2D eigenvalue weighted by atomic mass is 19.1. The molecule has 0 aromatic heterocycles. The Hall–Kier alpha value is -1.40. The first-order valence-corrected chi connectivity index (χ1v) is 6.51. The van der Waals surface area contributed by atoms with Gasteiger partial charge in [0.2, 0.25) is 0 Å². The van der Waals surface area contributed by atoms with Gasteiger partial charge in [-0.1, -0.05) is 18.6 Å². The van der Waals surface area contributed by atoms with E-state index in [2.05, 4.69) is 11.0 Å². The van der Waals surface area contributed by atoms with Crippen molar-refractivity contribution in [3.63, 3.8) is 0 Å². The average molecular weight is 245 g/mol. The van der Waals surface area contributed by atoms with E-state index in [0.29, 0.717) is 6.04 Å². The standard InChI is InChI=1S/C15H18FN2/c16-14-6-4-13(5-7-14)9-12-18-11-2-1-3-15(18)8-10-17/h4-8,15H,1-3,9,11-12H2. The van der Waals surface area contributed by atoms with Gasteiger partial charge in [-0.3, -0.25) is 4.90 Å². The number of hydrogen-bond acceptors (Lipinski definition) is 2. The third kappa shape index (κ3) is 3.54. The van der Waals surface area contributed by atoms with Crippen LogP contribution in [0.2, 0.25) is 0 Å². The van der Waals surface area contributed by atoms with Crippen LogP contribution in [0.4, 0.5) is 4.39 Å². The molecule has 1 saturated heterocycles. The molecule has 1 aliphatic rings. The molecule has 95 valence electrons. The molecule has 1 aliphatic heterocycles. The molecule has 1 radical (unpaired) electrons. The van der Waals surface area contributed by atoms with Gasteiger partial charge in [0.1, 0.15) is 5.82 Å². The van der Waals surface area contributed by atoms with E-state index < -0.39 is 0 Å². The highest BCUT2D eigenvalue weighted by molar-refractivity contribution is 5.16. The minimum atomic E-state index is -0.188. The van der Waals surface area contributed by atoms with E-state index in [1.807, 2.05) is 12.1 Å². The van der Waals surface area contributed by atoms with E-state index in [1.54, 1.807) is 6.42 Å². The Morgan fingerprint density at radius 1 is 1.33 bits per heavy atom. The molecule has 1 fully saturated rings. The van der Waals surface area contributed by atoms with Crippen molar-refractivity contribution in [1.82, 2.24) is 4.90 Å². The topological polar surface area (TPSA) is 27.0 Å². The Morgan fingerprint density at radius 3 is 2.83 bits per heavy atom. The zero-order valence-corrected chi connectivity index (χ0v) is 10.5. The van der Waals surface area contributed by atoms with Gasteiger partial charge in [0, 0.05) is 12.6 Å². The molecular weight excluding hydrogens is 227 g/mol. The van der Waals surface area contributed by atoms with Crippen molar-refractivity contribution in [3.8, 4) is 6.07 Å². The third-order valence-corrected chi connectivity index (χ3v) is 3.53. The number of likely N-dealkylation sites (tertiary alicyclic amines) is 1. The third-order valence-electron chi connectivity index (χ3n) is 3.53. The predicted molar refractivity (Wildman–Crippen MR) is 69.2 cm³/mol. The summed E-state index contributed by atoms with van der Waals surface area (Å²) in [6.07, 6.45) is 6.14. The van der Waals surface area contributed by atoms with Gasteiger partial charge in [0.05, 0.1) is 12.5 Å². The van der Waals surface area contributed by atoms with Gasteiger partial charge in [0.25, 0.3) is 0 Å². The molecule has 2 nitrogen and oxygen atoms in total. The predicted octanol–water partition coefficient (Wildman–Crippen LogP) is 2.95. The normalized spacial score (nSPS) is 20.6. The fraction of sp³-hybridized carbons (Fsp3) is 0.467. The molecule has 0 saturated carbocycles. The number of nitrogens with zero attached hydrogens (tertiary/aromatic N) is 2. The maximum atomic E-state index is 12.8. The summed E-state index contributed by atoms with van der Waals surface area (Å²) >= 11 is 0. The molecule has 1 unspecified atom stereocenters. The summed E-state index contributed by atoms with van der Waals surface area (Å²) in [6, 6.07) is 9.13. The zero-order chi connectivity index (χ0) is 12.8. The zero-order valence-electron chi connectivity index (χ0n) is 10.5. The Labute approximate surface area is 108 Å². The first kappa shape index (κ1) is 13.0. The first-order chi connectivity index (χ1) is 8.79. The maximum absolute atomic E-state index is 12.8. The van der Waals surface area contributed by atoms with E-state index in [1.165, 1.54) is 25.0 Å². The Bertz CT molecular complexity index is 407. The Kier molecular flexibility index (Phi) is 4.72. The quantitative estimate of drug-likeness (QED) is 0.815. The fourth-order valence-corrected chi connectivity index (χ4v) is 2.49. The van der Waals surface area contributed by atoms with E-state index in [-0.39, 0.29) is 5.82 Å². The van der Waals surface area contributed by atoms with Gasteiger partial charge in [-0.15, -0.1) is 0 Å². The summed E-state index contributed by atoms with van der Waals surface area (Å²) in [4.78, 5) is 2.36. The molecule has 1 aromatic rings. The molecule has 18 heavy (non-hydrogen) atoms. The molecule has 1 aromatic carbocycles. The molecule has 1 heterocycles. The minimum absolute atomic E-state index is 0.188. The molecule has 1 atom stereocenters. The van der Waals surface area contributed by atoms with Crippen LogP contribution in [0.5, 0.6) is 0 Å². The van der Waals surface area contributed by atoms with Crippen LogP contribution in [-0.4, -0.2) is 24.0 Å². The molecule has 0 N–H and O–H groups in total. The van der Waals surface area contributed by atoms with Crippen molar-refractivity contribution in [2.24, 2.45) is 0 Å². The summed E-state index contributed by atoms with van der Waals surface area (Å²) in [6.45, 7) is 2.00. The van der Waals surface area contributed by atoms with Crippen molar-refractivity contribution in [2.75, 3.05) is 13.1 Å². The molecule has 0 spiro atoms. The Morgan fingerprint density at radius 2 is 2.11 bits per heavy atom. The summed E-state index contributed by atoms with van der Waals surface area (Å²) < 4.78 is 12.8. The SMILES string of the molecule is N#C[CH]C1CCCCN1CCc1ccc(F)cc1. The number of benzene rings is 1. The van der Waals surface area contributed by atoms with E-state index >= 15 is 0 Å². The van der Waals surface area contributed by atoms with Gasteiger partial charge >= 0.3 is 0 Å². The lowest BCUT2D eigenvalue weighted by molar-refractivity contribution is 0.175. The van der Waals surface area contributed by atoms with E-state index in [4.69, 9.17) is 5.26 Å². The minimum Gasteiger partial charge on any atom is -0.299 e. The van der Waals surface area contributed by atoms with Crippen LogP contribution >= 0.6 is 0 Å². The van der Waals surface area contributed by atoms with Crippen molar-refractivity contribution < 1.29 is 4.39 Å². The van der Waals surface area contributed by atoms with Crippen LogP contribution in [0.25, 0.3) is 0 Å². The molecule has 3 heteroatoms. The smallest absolute Gasteiger partial charge is 0.123 e. The first-order valence-electron chi connectivity index (χ1n) is 6.51. The van der Waals surface area contributed by atoms with Crippen LogP contribution < -0.4 is 0 Å². The van der Waals surface area contributed by atoms with Crippen LogP contribution in [0, 0.1) is 23.6 Å². The van der Waals surface area contributed by atoms with Gasteiger partial charge in [0.15, 0.2) is 0 Å². The highest BCUT2D eigenvalue weighted by Crippen LogP contribution is 2.19. The van der Waals surface area contributed by atoms with Gasteiger partial charge in [-0.05, 0) is 43.5 Å². The van der Waals surface area contributed by atoms with Gasteiger partial charge in [-0.2, -0.15) is 5.26 Å². The molecule has 0 bridgehead atoms. The molecule has 0 amide bonds. The summed E-state index contributed by atoms with van der Waals surface area (Å²) in [5.41, 5.74) is 1.15. The number of hydrogen-bond donors (Lipinski definition) is 0. The van der Waals surface area contributed by atoms with Crippen molar-refractivity contribution >= 4 is 0 Å². The monoisotopic (exact) mass is 245 g/mol. The van der Waals surface area contributed by atoms with Gasteiger partial charge in [-0.25, -0.2) is 4.39 Å². The lowest BCUT2D eigenvalue weighted by atomic mass is 9.99. The number of nitriles is 1. The number of halogens is 1. The van der Waals surface area contributed by atoms with Crippen molar-refractivity contribution in [2.45, 2.75) is 31.7 Å². The van der Waals surface area contributed by atoms with E-state index in [0.717, 1.165) is 31.5 Å². The fourth-order valence-electron chi connectivity index (χ4n) is 2.49. The average Bonchev–Trinajstić information content (AvgIpc) is 2.40. The van der Waals surface area contributed by atoms with Crippen LogP contribution in [0.15, 0.2) is 24.3 Å². The van der Waals surface area contributed by atoms with Crippen molar-refractivity contribution in [3.05, 3.63) is 42.1 Å².